The largest absolute Gasteiger partial charge is 0.302 e. The number of benzene rings is 2. The first-order valence-corrected chi connectivity index (χ1v) is 11.1. The van der Waals surface area contributed by atoms with Gasteiger partial charge in [0.25, 0.3) is 5.91 Å². The third-order valence-corrected chi connectivity index (χ3v) is 6.72. The lowest BCUT2D eigenvalue weighted by Gasteiger charge is -2.24. The normalized spacial score (nSPS) is 11.1. The number of para-hydroxylation sites is 1. The van der Waals surface area contributed by atoms with Crippen molar-refractivity contribution >= 4 is 66.6 Å². The SMILES string of the molecule is CCN(CC)CCN(C(=O)c1ccc2ncsc2c1)c1nc2ccccc2s1.Cl. The number of rotatable bonds is 7. The summed E-state index contributed by atoms with van der Waals surface area (Å²) in [6.45, 7) is 7.64. The minimum atomic E-state index is -0.0125. The lowest BCUT2D eigenvalue weighted by Crippen LogP contribution is -2.38. The van der Waals surface area contributed by atoms with Gasteiger partial charge in [-0.05, 0) is 43.4 Å². The molecular formula is C21H23ClN4OS2. The van der Waals surface area contributed by atoms with E-state index < -0.39 is 0 Å². The predicted molar refractivity (Wildman–Crippen MR) is 126 cm³/mol. The van der Waals surface area contributed by atoms with E-state index in [1.165, 1.54) is 0 Å². The van der Waals surface area contributed by atoms with E-state index in [1.807, 2.05) is 52.9 Å². The Hall–Kier alpha value is -2.06. The molecule has 4 aromatic rings. The van der Waals surface area contributed by atoms with Crippen molar-refractivity contribution in [2.75, 3.05) is 31.1 Å². The van der Waals surface area contributed by atoms with Crippen LogP contribution in [0.15, 0.2) is 48.0 Å². The summed E-state index contributed by atoms with van der Waals surface area (Å²) in [5.74, 6) is -0.0125. The van der Waals surface area contributed by atoms with Gasteiger partial charge >= 0.3 is 0 Å². The van der Waals surface area contributed by atoms with Crippen molar-refractivity contribution in [3.05, 3.63) is 53.5 Å². The Morgan fingerprint density at radius 2 is 1.79 bits per heavy atom. The summed E-state index contributed by atoms with van der Waals surface area (Å²) in [6, 6.07) is 13.7. The van der Waals surface area contributed by atoms with E-state index >= 15 is 0 Å². The van der Waals surface area contributed by atoms with E-state index in [1.54, 1.807) is 22.7 Å². The van der Waals surface area contributed by atoms with Crippen molar-refractivity contribution in [3.8, 4) is 0 Å². The van der Waals surface area contributed by atoms with Crippen molar-refractivity contribution in [2.24, 2.45) is 0 Å². The van der Waals surface area contributed by atoms with E-state index in [4.69, 9.17) is 4.98 Å². The van der Waals surface area contributed by atoms with Crippen LogP contribution in [0.4, 0.5) is 5.13 Å². The number of amides is 1. The van der Waals surface area contributed by atoms with Gasteiger partial charge in [0.15, 0.2) is 5.13 Å². The molecular weight excluding hydrogens is 424 g/mol. The smallest absolute Gasteiger partial charge is 0.260 e. The van der Waals surface area contributed by atoms with Crippen LogP contribution in [-0.4, -0.2) is 47.0 Å². The molecule has 29 heavy (non-hydrogen) atoms. The highest BCUT2D eigenvalue weighted by molar-refractivity contribution is 7.22. The average molecular weight is 447 g/mol. The number of carbonyl (C=O) groups is 1. The van der Waals surface area contributed by atoms with Gasteiger partial charge in [0, 0.05) is 18.7 Å². The number of thiazole rings is 2. The third-order valence-electron chi connectivity index (χ3n) is 4.87. The van der Waals surface area contributed by atoms with E-state index in [0.717, 1.165) is 45.2 Å². The summed E-state index contributed by atoms with van der Waals surface area (Å²) in [6.07, 6.45) is 0. The molecule has 0 unspecified atom stereocenters. The molecule has 0 aliphatic heterocycles. The van der Waals surface area contributed by atoms with Gasteiger partial charge in [-0.2, -0.15) is 0 Å². The topological polar surface area (TPSA) is 49.3 Å². The molecule has 5 nitrogen and oxygen atoms in total. The average Bonchev–Trinajstić information content (AvgIpc) is 3.36. The zero-order valence-electron chi connectivity index (χ0n) is 16.4. The lowest BCUT2D eigenvalue weighted by molar-refractivity contribution is 0.0984. The van der Waals surface area contributed by atoms with Gasteiger partial charge in [0.1, 0.15) is 0 Å². The Kier molecular flexibility index (Phi) is 7.18. The number of hydrogen-bond acceptors (Lipinski definition) is 6. The Bertz CT molecular complexity index is 1070. The first kappa shape index (κ1) is 21.6. The second kappa shape index (κ2) is 9.63. The second-order valence-electron chi connectivity index (χ2n) is 6.48. The summed E-state index contributed by atoms with van der Waals surface area (Å²) in [4.78, 5) is 26.6. The molecule has 0 bridgehead atoms. The Balaban J connectivity index is 0.00000240. The fourth-order valence-corrected chi connectivity index (χ4v) is 4.89. The summed E-state index contributed by atoms with van der Waals surface area (Å²) in [5, 5.41) is 0.753. The van der Waals surface area contributed by atoms with Gasteiger partial charge in [-0.3, -0.25) is 9.69 Å². The van der Waals surface area contributed by atoms with Crippen LogP contribution in [0.3, 0.4) is 0 Å². The van der Waals surface area contributed by atoms with E-state index in [9.17, 15) is 4.79 Å². The maximum absolute atomic E-state index is 13.4. The second-order valence-corrected chi connectivity index (χ2v) is 8.38. The number of hydrogen-bond donors (Lipinski definition) is 0. The zero-order valence-corrected chi connectivity index (χ0v) is 18.8. The first-order chi connectivity index (χ1) is 13.7. The van der Waals surface area contributed by atoms with Crippen LogP contribution >= 0.6 is 35.1 Å². The molecule has 2 aromatic heterocycles. The van der Waals surface area contributed by atoms with Crippen LogP contribution in [0.1, 0.15) is 24.2 Å². The predicted octanol–water partition coefficient (Wildman–Crippen LogP) is 5.32. The molecule has 0 saturated heterocycles. The Morgan fingerprint density at radius 3 is 2.55 bits per heavy atom. The van der Waals surface area contributed by atoms with Crippen molar-refractivity contribution in [1.29, 1.82) is 0 Å². The highest BCUT2D eigenvalue weighted by Crippen LogP contribution is 2.30. The minimum Gasteiger partial charge on any atom is -0.302 e. The van der Waals surface area contributed by atoms with Crippen molar-refractivity contribution in [3.63, 3.8) is 0 Å². The van der Waals surface area contributed by atoms with E-state index in [-0.39, 0.29) is 18.3 Å². The molecule has 152 valence electrons. The Morgan fingerprint density at radius 1 is 1.00 bits per heavy atom. The molecule has 0 fully saturated rings. The fraction of sp³-hybridized carbons (Fsp3) is 0.286. The summed E-state index contributed by atoms with van der Waals surface area (Å²) >= 11 is 3.12. The number of likely N-dealkylation sites (N-methyl/N-ethyl adjacent to an activating group) is 1. The quantitative estimate of drug-likeness (QED) is 0.385. The highest BCUT2D eigenvalue weighted by atomic mass is 35.5. The van der Waals surface area contributed by atoms with Crippen LogP contribution in [-0.2, 0) is 0 Å². The van der Waals surface area contributed by atoms with Gasteiger partial charge in [-0.15, -0.1) is 23.7 Å². The molecule has 2 heterocycles. The number of carbonyl (C=O) groups excluding carboxylic acids is 1. The third kappa shape index (κ3) is 4.59. The van der Waals surface area contributed by atoms with Crippen LogP contribution in [0, 0.1) is 0 Å². The fourth-order valence-electron chi connectivity index (χ4n) is 3.18. The molecule has 1 amide bonds. The van der Waals surface area contributed by atoms with Gasteiger partial charge in [0.2, 0.25) is 0 Å². The van der Waals surface area contributed by atoms with Crippen molar-refractivity contribution in [2.45, 2.75) is 13.8 Å². The summed E-state index contributed by atoms with van der Waals surface area (Å²) in [7, 11) is 0. The van der Waals surface area contributed by atoms with Gasteiger partial charge < -0.3 is 4.90 Å². The highest BCUT2D eigenvalue weighted by Gasteiger charge is 2.22. The standard InChI is InChI=1S/C21H22N4OS2.ClH/c1-3-24(4-2)11-12-25(21-23-17-7-5-6-8-18(17)28-21)20(26)15-9-10-16-19(13-15)27-14-22-16;/h5-10,13-14H,3-4,11-12H2,1-2H3;1H. The van der Waals surface area contributed by atoms with Gasteiger partial charge in [-0.25, -0.2) is 9.97 Å². The summed E-state index contributed by atoms with van der Waals surface area (Å²) in [5.41, 5.74) is 4.35. The maximum atomic E-state index is 13.4. The lowest BCUT2D eigenvalue weighted by atomic mass is 10.2. The molecule has 0 spiro atoms. The van der Waals surface area contributed by atoms with Crippen LogP contribution in [0.5, 0.6) is 0 Å². The van der Waals surface area contributed by atoms with Gasteiger partial charge in [0.05, 0.1) is 25.9 Å². The number of aromatic nitrogens is 2. The summed E-state index contributed by atoms with van der Waals surface area (Å²) < 4.78 is 2.12. The molecule has 0 aliphatic rings. The number of anilines is 1. The van der Waals surface area contributed by atoms with Crippen molar-refractivity contribution in [1.82, 2.24) is 14.9 Å². The van der Waals surface area contributed by atoms with E-state index in [2.05, 4.69) is 23.7 Å². The number of halogens is 1. The van der Waals surface area contributed by atoms with Crippen LogP contribution < -0.4 is 4.90 Å². The molecule has 0 radical (unpaired) electrons. The monoisotopic (exact) mass is 446 g/mol. The molecule has 8 heteroatoms. The van der Waals surface area contributed by atoms with Crippen molar-refractivity contribution < 1.29 is 4.79 Å². The molecule has 0 saturated carbocycles. The molecule has 2 aromatic carbocycles. The maximum Gasteiger partial charge on any atom is 0.260 e. The molecule has 4 rings (SSSR count). The number of nitrogens with zero attached hydrogens (tertiary/aromatic N) is 4. The molecule has 0 atom stereocenters. The van der Waals surface area contributed by atoms with Gasteiger partial charge in [-0.1, -0.05) is 37.3 Å². The molecule has 0 N–H and O–H groups in total. The first-order valence-electron chi connectivity index (χ1n) is 9.42. The zero-order chi connectivity index (χ0) is 19.5. The van der Waals surface area contributed by atoms with E-state index in [0.29, 0.717) is 12.1 Å². The van der Waals surface area contributed by atoms with Crippen LogP contribution in [0.25, 0.3) is 20.4 Å². The number of fused-ring (bicyclic) bond motifs is 2. The molecule has 0 aliphatic carbocycles. The Labute approximate surface area is 184 Å². The van der Waals surface area contributed by atoms with Crippen LogP contribution in [0.2, 0.25) is 0 Å². The minimum absolute atomic E-state index is 0.